The van der Waals surface area contributed by atoms with E-state index in [2.05, 4.69) is 0 Å². The zero-order valence-electron chi connectivity index (χ0n) is 9.30. The van der Waals surface area contributed by atoms with Crippen molar-refractivity contribution in [2.45, 2.75) is 19.4 Å². The molecule has 1 aromatic rings. The number of nitrogens with two attached hydrogens (primary N) is 1. The van der Waals surface area contributed by atoms with Crippen LogP contribution in [-0.2, 0) is 6.54 Å². The highest BCUT2D eigenvalue weighted by atomic mass is 19.3. The summed E-state index contributed by atoms with van der Waals surface area (Å²) in [7, 11) is 1.45. The predicted molar refractivity (Wildman–Crippen MR) is 57.0 cm³/mol. The van der Waals surface area contributed by atoms with E-state index < -0.39 is 12.5 Å². The maximum Gasteiger partial charge on any atom is 0.278 e. The van der Waals surface area contributed by atoms with Crippen LogP contribution in [0.5, 0.6) is 11.5 Å². The molecule has 0 atom stereocenters. The third-order valence-electron chi connectivity index (χ3n) is 1.94. The Hall–Kier alpha value is -1.36. The van der Waals surface area contributed by atoms with E-state index in [1.807, 2.05) is 0 Å². The van der Waals surface area contributed by atoms with Crippen LogP contribution >= 0.6 is 0 Å². The van der Waals surface area contributed by atoms with Crippen molar-refractivity contribution in [1.29, 1.82) is 0 Å². The summed E-state index contributed by atoms with van der Waals surface area (Å²) in [6.45, 7) is 0.437. The monoisotopic (exact) mass is 231 g/mol. The number of halogens is 2. The quantitative estimate of drug-likeness (QED) is 0.844. The molecule has 0 unspecified atom stereocenters. The number of ether oxygens (including phenoxy) is 2. The first-order chi connectivity index (χ1) is 7.46. The first-order valence-electron chi connectivity index (χ1n) is 4.84. The molecular weight excluding hydrogens is 216 g/mol. The van der Waals surface area contributed by atoms with E-state index in [1.54, 1.807) is 18.2 Å². The van der Waals surface area contributed by atoms with Crippen molar-refractivity contribution in [2.24, 2.45) is 5.73 Å². The highest BCUT2D eigenvalue weighted by Gasteiger charge is 2.22. The van der Waals surface area contributed by atoms with Crippen LogP contribution < -0.4 is 15.2 Å². The highest BCUT2D eigenvalue weighted by Crippen LogP contribution is 2.29. The molecule has 0 aromatic heterocycles. The van der Waals surface area contributed by atoms with Gasteiger partial charge in [-0.25, -0.2) is 8.78 Å². The van der Waals surface area contributed by atoms with Gasteiger partial charge in [0.05, 0.1) is 7.11 Å². The molecule has 0 amide bonds. The largest absolute Gasteiger partial charge is 0.493 e. The average molecular weight is 231 g/mol. The third-order valence-corrected chi connectivity index (χ3v) is 1.94. The van der Waals surface area contributed by atoms with Crippen LogP contribution in [0.25, 0.3) is 0 Å². The number of hydrogen-bond acceptors (Lipinski definition) is 3. The molecule has 0 saturated carbocycles. The lowest BCUT2D eigenvalue weighted by Gasteiger charge is -2.15. The molecule has 0 aliphatic carbocycles. The van der Waals surface area contributed by atoms with Gasteiger partial charge in [0, 0.05) is 13.5 Å². The van der Waals surface area contributed by atoms with Gasteiger partial charge in [0.1, 0.15) is 0 Å². The Labute approximate surface area is 93.2 Å². The summed E-state index contributed by atoms with van der Waals surface area (Å²) in [6.07, 6.45) is 0. The van der Waals surface area contributed by atoms with Gasteiger partial charge in [0.25, 0.3) is 5.92 Å². The van der Waals surface area contributed by atoms with Gasteiger partial charge in [0.15, 0.2) is 18.1 Å². The number of benzene rings is 1. The summed E-state index contributed by atoms with van der Waals surface area (Å²) >= 11 is 0. The summed E-state index contributed by atoms with van der Waals surface area (Å²) in [4.78, 5) is 0. The van der Waals surface area contributed by atoms with E-state index in [0.717, 1.165) is 12.5 Å². The van der Waals surface area contributed by atoms with Gasteiger partial charge >= 0.3 is 0 Å². The smallest absolute Gasteiger partial charge is 0.278 e. The van der Waals surface area contributed by atoms with Gasteiger partial charge in [-0.3, -0.25) is 0 Å². The van der Waals surface area contributed by atoms with Crippen LogP contribution in [0.2, 0.25) is 0 Å². The number of methoxy groups -OCH3 is 1. The van der Waals surface area contributed by atoms with E-state index >= 15 is 0 Å². The second-order valence-electron chi connectivity index (χ2n) is 3.55. The highest BCUT2D eigenvalue weighted by molar-refractivity contribution is 5.42. The van der Waals surface area contributed by atoms with E-state index in [1.165, 1.54) is 7.11 Å². The molecule has 1 aromatic carbocycles. The van der Waals surface area contributed by atoms with Crippen LogP contribution in [0.4, 0.5) is 8.78 Å². The zero-order valence-corrected chi connectivity index (χ0v) is 9.30. The lowest BCUT2D eigenvalue weighted by molar-refractivity contribution is -0.0235. The summed E-state index contributed by atoms with van der Waals surface area (Å²) < 4.78 is 35.3. The fraction of sp³-hybridized carbons (Fsp3) is 0.455. The fourth-order valence-corrected chi connectivity index (χ4v) is 1.17. The molecule has 16 heavy (non-hydrogen) atoms. The molecule has 3 nitrogen and oxygen atoms in total. The normalized spacial score (nSPS) is 11.3. The Morgan fingerprint density at radius 1 is 1.31 bits per heavy atom. The summed E-state index contributed by atoms with van der Waals surface area (Å²) in [5.74, 6) is -2.17. The lowest BCUT2D eigenvalue weighted by Crippen LogP contribution is -2.21. The van der Waals surface area contributed by atoms with Gasteiger partial charge < -0.3 is 15.2 Å². The standard InChI is InChI=1S/C11H15F2NO2/c1-11(12,13)7-16-10-5-8(6-14)3-4-9(10)15-2/h3-5H,6-7,14H2,1-2H3. The molecule has 0 heterocycles. The van der Waals surface area contributed by atoms with Crippen molar-refractivity contribution in [2.75, 3.05) is 13.7 Å². The first-order valence-corrected chi connectivity index (χ1v) is 4.84. The van der Waals surface area contributed by atoms with Gasteiger partial charge in [-0.1, -0.05) is 6.07 Å². The van der Waals surface area contributed by atoms with Gasteiger partial charge in [-0.2, -0.15) is 0 Å². The third kappa shape index (κ3) is 3.66. The molecule has 0 radical (unpaired) electrons. The van der Waals surface area contributed by atoms with Gasteiger partial charge in [-0.15, -0.1) is 0 Å². The Morgan fingerprint density at radius 2 is 2.00 bits per heavy atom. The molecule has 0 aliphatic rings. The number of alkyl halides is 2. The summed E-state index contributed by atoms with van der Waals surface area (Å²) in [5.41, 5.74) is 6.25. The van der Waals surface area contributed by atoms with Crippen LogP contribution in [0.15, 0.2) is 18.2 Å². The maximum atomic E-state index is 12.6. The van der Waals surface area contributed by atoms with E-state index in [4.69, 9.17) is 15.2 Å². The SMILES string of the molecule is COc1ccc(CN)cc1OCC(C)(F)F. The van der Waals surface area contributed by atoms with Crippen molar-refractivity contribution in [3.63, 3.8) is 0 Å². The first kappa shape index (κ1) is 12.7. The molecule has 0 saturated heterocycles. The van der Waals surface area contributed by atoms with Gasteiger partial charge in [-0.05, 0) is 17.7 Å². The van der Waals surface area contributed by atoms with Crippen molar-refractivity contribution in [3.05, 3.63) is 23.8 Å². The van der Waals surface area contributed by atoms with Crippen LogP contribution in [0.1, 0.15) is 12.5 Å². The second-order valence-corrected chi connectivity index (χ2v) is 3.55. The molecule has 0 fully saturated rings. The zero-order chi connectivity index (χ0) is 12.2. The maximum absolute atomic E-state index is 12.6. The summed E-state index contributed by atoms with van der Waals surface area (Å²) in [6, 6.07) is 5.01. The minimum Gasteiger partial charge on any atom is -0.493 e. The Morgan fingerprint density at radius 3 is 2.50 bits per heavy atom. The summed E-state index contributed by atoms with van der Waals surface area (Å²) in [5, 5.41) is 0. The van der Waals surface area contributed by atoms with Crippen LogP contribution in [-0.4, -0.2) is 19.6 Å². The topological polar surface area (TPSA) is 44.5 Å². The van der Waals surface area contributed by atoms with E-state index in [9.17, 15) is 8.78 Å². The Balaban J connectivity index is 2.83. The van der Waals surface area contributed by atoms with Crippen molar-refractivity contribution in [3.8, 4) is 11.5 Å². The lowest BCUT2D eigenvalue weighted by atomic mass is 10.2. The fourth-order valence-electron chi connectivity index (χ4n) is 1.17. The average Bonchev–Trinajstić information content (AvgIpc) is 2.25. The number of rotatable bonds is 5. The molecule has 2 N–H and O–H groups in total. The second kappa shape index (κ2) is 5.12. The molecule has 0 spiro atoms. The van der Waals surface area contributed by atoms with E-state index in [-0.39, 0.29) is 5.75 Å². The van der Waals surface area contributed by atoms with Crippen molar-refractivity contribution < 1.29 is 18.3 Å². The molecule has 90 valence electrons. The minimum atomic E-state index is -2.87. The van der Waals surface area contributed by atoms with Gasteiger partial charge in [0.2, 0.25) is 0 Å². The molecule has 1 rings (SSSR count). The molecule has 0 bridgehead atoms. The predicted octanol–water partition coefficient (Wildman–Crippen LogP) is 2.19. The molecule has 0 aliphatic heterocycles. The minimum absolute atomic E-state index is 0.284. The van der Waals surface area contributed by atoms with Crippen LogP contribution in [0, 0.1) is 0 Å². The Bertz CT molecular complexity index is 350. The molecule has 5 heteroatoms. The van der Waals surface area contributed by atoms with E-state index in [0.29, 0.717) is 12.3 Å². The van der Waals surface area contributed by atoms with Crippen molar-refractivity contribution in [1.82, 2.24) is 0 Å². The number of hydrogen-bond donors (Lipinski definition) is 1. The van der Waals surface area contributed by atoms with Crippen LogP contribution in [0.3, 0.4) is 0 Å². The molecular formula is C11H15F2NO2. The Kier molecular flexibility index (Phi) is 4.06. The van der Waals surface area contributed by atoms with Crippen molar-refractivity contribution >= 4 is 0 Å².